The Morgan fingerprint density at radius 1 is 0.958 bits per heavy atom. The zero-order valence-corrected chi connectivity index (χ0v) is 14.4. The zero-order chi connectivity index (χ0) is 16.5. The van der Waals surface area contributed by atoms with Crippen molar-refractivity contribution in [2.24, 2.45) is 17.8 Å². The van der Waals surface area contributed by atoms with E-state index in [1.807, 2.05) is 6.92 Å². The van der Waals surface area contributed by atoms with Crippen LogP contribution < -0.4 is 0 Å². The van der Waals surface area contributed by atoms with Gasteiger partial charge >= 0.3 is 0 Å². The molecular formula is C20H20O3S. The molecular weight excluding hydrogens is 320 g/mol. The molecule has 0 spiro atoms. The minimum Gasteiger partial charge on any atom is -0.266 e. The number of hydrogen-bond acceptors (Lipinski definition) is 3. The Balaban J connectivity index is 1.30. The van der Waals surface area contributed by atoms with Gasteiger partial charge in [-0.25, -0.2) is 0 Å². The van der Waals surface area contributed by atoms with Crippen molar-refractivity contribution in [1.82, 2.24) is 0 Å². The van der Waals surface area contributed by atoms with Crippen LogP contribution >= 0.6 is 0 Å². The molecule has 2 bridgehead atoms. The highest BCUT2D eigenvalue weighted by Gasteiger charge is 2.66. The van der Waals surface area contributed by atoms with Crippen LogP contribution in [-0.4, -0.2) is 15.0 Å². The SMILES string of the molecule is Cc1ccc(S(=O)(=O)OCC2[C@@H]3[C@H]2[C@@H]2C[C@H]3c3ccccc32)cc1. The van der Waals surface area contributed by atoms with Crippen molar-refractivity contribution in [1.29, 1.82) is 0 Å². The molecule has 24 heavy (non-hydrogen) atoms. The predicted octanol–water partition coefficient (Wildman–Crippen LogP) is 3.85. The van der Waals surface area contributed by atoms with Crippen molar-refractivity contribution in [3.63, 3.8) is 0 Å². The number of hydrogen-bond donors (Lipinski definition) is 0. The van der Waals surface area contributed by atoms with Crippen LogP contribution in [0.15, 0.2) is 53.4 Å². The Bertz CT molecular complexity index is 866. The van der Waals surface area contributed by atoms with Gasteiger partial charge in [-0.3, -0.25) is 4.18 Å². The minimum atomic E-state index is -3.65. The quantitative estimate of drug-likeness (QED) is 0.794. The van der Waals surface area contributed by atoms with Crippen LogP contribution in [0.2, 0.25) is 0 Å². The lowest BCUT2D eigenvalue weighted by Crippen LogP contribution is -2.11. The fraction of sp³-hybridized carbons (Fsp3) is 0.400. The van der Waals surface area contributed by atoms with Crippen LogP contribution in [0.4, 0.5) is 0 Å². The van der Waals surface area contributed by atoms with E-state index >= 15 is 0 Å². The van der Waals surface area contributed by atoms with Crippen LogP contribution in [0, 0.1) is 24.7 Å². The molecule has 124 valence electrons. The maximum atomic E-state index is 12.4. The standard InChI is InChI=1S/C20H20O3S/c1-12-6-8-13(9-7-12)24(21,22)23-11-18-19-16-10-17(20(18)19)15-5-3-2-4-14(15)16/h2-9,16-20H,10-11H2,1H3/t16-,17+,18?,19+,20-. The lowest BCUT2D eigenvalue weighted by atomic mass is 9.92. The summed E-state index contributed by atoms with van der Waals surface area (Å²) in [5, 5.41) is 0. The minimum absolute atomic E-state index is 0.255. The largest absolute Gasteiger partial charge is 0.296 e. The third kappa shape index (κ3) is 2.02. The van der Waals surface area contributed by atoms with Gasteiger partial charge in [-0.05, 0) is 66.2 Å². The normalized spacial score (nSPS) is 32.5. The van der Waals surface area contributed by atoms with Crippen LogP contribution in [0.3, 0.4) is 0 Å². The van der Waals surface area contributed by atoms with Crippen LogP contribution in [0.5, 0.6) is 0 Å². The van der Waals surface area contributed by atoms with E-state index in [1.165, 1.54) is 17.5 Å². The molecule has 2 fully saturated rings. The summed E-state index contributed by atoms with van der Waals surface area (Å²) >= 11 is 0. The summed E-state index contributed by atoms with van der Waals surface area (Å²) in [7, 11) is -3.65. The van der Waals surface area contributed by atoms with E-state index in [9.17, 15) is 8.42 Å². The lowest BCUT2D eigenvalue weighted by molar-refractivity contribution is 0.278. The summed E-state index contributed by atoms with van der Waals surface area (Å²) < 4.78 is 30.2. The van der Waals surface area contributed by atoms with Crippen molar-refractivity contribution >= 4 is 10.1 Å². The number of aryl methyl sites for hydroxylation is 1. The molecule has 0 aromatic heterocycles. The van der Waals surface area contributed by atoms with Crippen molar-refractivity contribution in [2.45, 2.75) is 30.1 Å². The summed E-state index contributed by atoms with van der Waals surface area (Å²) in [6.45, 7) is 2.27. The maximum Gasteiger partial charge on any atom is 0.296 e. The van der Waals surface area contributed by atoms with Gasteiger partial charge in [-0.15, -0.1) is 0 Å². The van der Waals surface area contributed by atoms with Gasteiger partial charge in [0.05, 0.1) is 11.5 Å². The van der Waals surface area contributed by atoms with Gasteiger partial charge in [0.15, 0.2) is 0 Å². The monoisotopic (exact) mass is 340 g/mol. The van der Waals surface area contributed by atoms with Gasteiger partial charge in [-0.2, -0.15) is 8.42 Å². The molecule has 3 aliphatic rings. The highest BCUT2D eigenvalue weighted by molar-refractivity contribution is 7.86. The Hall–Kier alpha value is -1.65. The summed E-state index contributed by atoms with van der Waals surface area (Å²) in [5.41, 5.74) is 4.03. The molecule has 5 rings (SSSR count). The highest BCUT2D eigenvalue weighted by atomic mass is 32.2. The molecule has 0 aliphatic heterocycles. The first-order valence-corrected chi connectivity index (χ1v) is 10.0. The van der Waals surface area contributed by atoms with Gasteiger partial charge in [0, 0.05) is 0 Å². The average Bonchev–Trinajstić information content (AvgIpc) is 3.00. The molecule has 0 N–H and O–H groups in total. The summed E-state index contributed by atoms with van der Waals surface area (Å²) in [6.07, 6.45) is 1.25. The molecule has 2 aromatic rings. The fourth-order valence-corrected chi connectivity index (χ4v) is 6.11. The molecule has 0 saturated heterocycles. The van der Waals surface area contributed by atoms with Crippen LogP contribution in [-0.2, 0) is 14.3 Å². The topological polar surface area (TPSA) is 43.4 Å². The Morgan fingerprint density at radius 2 is 1.54 bits per heavy atom. The van der Waals surface area contributed by atoms with E-state index in [0.29, 0.717) is 36.2 Å². The average molecular weight is 340 g/mol. The number of fused-ring (bicyclic) bond motifs is 8. The predicted molar refractivity (Wildman–Crippen MR) is 91.3 cm³/mol. The van der Waals surface area contributed by atoms with E-state index < -0.39 is 10.1 Å². The lowest BCUT2D eigenvalue weighted by Gasteiger charge is -2.12. The van der Waals surface area contributed by atoms with Gasteiger partial charge in [0.1, 0.15) is 0 Å². The molecule has 3 nitrogen and oxygen atoms in total. The van der Waals surface area contributed by atoms with Crippen molar-refractivity contribution in [3.05, 3.63) is 65.2 Å². The molecule has 0 radical (unpaired) electrons. The smallest absolute Gasteiger partial charge is 0.266 e. The molecule has 0 heterocycles. The summed E-state index contributed by atoms with van der Waals surface area (Å²) in [4.78, 5) is 0.255. The first-order valence-electron chi connectivity index (χ1n) is 8.61. The molecule has 5 atom stereocenters. The van der Waals surface area contributed by atoms with E-state index in [4.69, 9.17) is 4.18 Å². The first kappa shape index (κ1) is 14.7. The second-order valence-electron chi connectivity index (χ2n) is 7.45. The third-order valence-corrected chi connectivity index (χ3v) is 7.55. The van der Waals surface area contributed by atoms with Crippen molar-refractivity contribution < 1.29 is 12.6 Å². The van der Waals surface area contributed by atoms with E-state index in [1.54, 1.807) is 24.3 Å². The zero-order valence-electron chi connectivity index (χ0n) is 13.6. The van der Waals surface area contributed by atoms with Gasteiger partial charge < -0.3 is 0 Å². The summed E-state index contributed by atoms with van der Waals surface area (Å²) in [6, 6.07) is 15.6. The van der Waals surface area contributed by atoms with E-state index in [-0.39, 0.29) is 4.90 Å². The second-order valence-corrected chi connectivity index (χ2v) is 9.06. The van der Waals surface area contributed by atoms with E-state index in [0.717, 1.165) is 5.56 Å². The Morgan fingerprint density at radius 3 is 2.12 bits per heavy atom. The second kappa shape index (κ2) is 4.93. The van der Waals surface area contributed by atoms with Crippen LogP contribution in [0.25, 0.3) is 0 Å². The molecule has 2 aromatic carbocycles. The maximum absolute atomic E-state index is 12.4. The molecule has 2 saturated carbocycles. The van der Waals surface area contributed by atoms with Gasteiger partial charge in [0.2, 0.25) is 0 Å². The Kier molecular flexibility index (Phi) is 3.01. The van der Waals surface area contributed by atoms with Crippen molar-refractivity contribution in [3.8, 4) is 0 Å². The highest BCUT2D eigenvalue weighted by Crippen LogP contribution is 2.73. The van der Waals surface area contributed by atoms with Gasteiger partial charge in [-0.1, -0.05) is 42.0 Å². The third-order valence-electron chi connectivity index (χ3n) is 6.25. The van der Waals surface area contributed by atoms with Crippen molar-refractivity contribution in [2.75, 3.05) is 6.61 Å². The fourth-order valence-electron chi connectivity index (χ4n) is 5.17. The molecule has 4 heteroatoms. The summed E-state index contributed by atoms with van der Waals surface area (Å²) in [5.74, 6) is 2.87. The Labute approximate surface area is 142 Å². The molecule has 3 aliphatic carbocycles. The molecule has 0 amide bonds. The van der Waals surface area contributed by atoms with Crippen LogP contribution in [0.1, 0.15) is 34.9 Å². The van der Waals surface area contributed by atoms with Gasteiger partial charge in [0.25, 0.3) is 10.1 Å². The number of rotatable bonds is 4. The number of benzene rings is 2. The first-order chi connectivity index (χ1) is 11.6. The molecule has 1 unspecified atom stereocenters. The van der Waals surface area contributed by atoms with E-state index in [2.05, 4.69) is 24.3 Å².